The Morgan fingerprint density at radius 1 is 1.19 bits per heavy atom. The van der Waals surface area contributed by atoms with Crippen LogP contribution in [0.4, 0.5) is 0 Å². The van der Waals surface area contributed by atoms with Crippen molar-refractivity contribution in [2.24, 2.45) is 0 Å². The molecule has 0 atom stereocenters. The first-order valence-electron chi connectivity index (χ1n) is 10.5. The lowest BCUT2D eigenvalue weighted by Gasteiger charge is -2.30. The number of para-hydroxylation sites is 2. The van der Waals surface area contributed by atoms with Crippen LogP contribution in [0, 0.1) is 0 Å². The Hall–Kier alpha value is -2.65. The van der Waals surface area contributed by atoms with Gasteiger partial charge in [0.15, 0.2) is 22.5 Å². The van der Waals surface area contributed by atoms with Crippen LogP contribution in [-0.4, -0.2) is 49.4 Å². The normalized spacial score (nSPS) is 15.1. The standard InChI is InChI=1S/C22H23N5O2S2/c1-2-27-20(18-8-5-13-30-18)24-25-22(27)31-14-19(28)26-11-9-15(10-12-26)21-23-16-6-3-4-7-17(16)29-21/h3-8,13,15H,2,9-12,14H2,1H3. The van der Waals surface area contributed by atoms with Gasteiger partial charge in [0.2, 0.25) is 5.91 Å². The van der Waals surface area contributed by atoms with Gasteiger partial charge in [-0.1, -0.05) is 30.0 Å². The number of fused-ring (bicyclic) bond motifs is 1. The number of rotatable bonds is 6. The van der Waals surface area contributed by atoms with Crippen LogP contribution in [0.2, 0.25) is 0 Å². The molecule has 0 N–H and O–H groups in total. The van der Waals surface area contributed by atoms with Gasteiger partial charge in [0.05, 0.1) is 10.6 Å². The van der Waals surface area contributed by atoms with Crippen LogP contribution >= 0.6 is 23.1 Å². The van der Waals surface area contributed by atoms with E-state index in [0.29, 0.717) is 5.75 Å². The molecule has 160 valence electrons. The zero-order valence-corrected chi connectivity index (χ0v) is 18.9. The highest BCUT2D eigenvalue weighted by Gasteiger charge is 2.27. The Bertz CT molecular complexity index is 1140. The number of hydrogen-bond acceptors (Lipinski definition) is 7. The van der Waals surface area contributed by atoms with Crippen molar-refractivity contribution in [2.45, 2.75) is 37.4 Å². The van der Waals surface area contributed by atoms with Gasteiger partial charge >= 0.3 is 0 Å². The molecule has 1 aliphatic rings. The van der Waals surface area contributed by atoms with Crippen LogP contribution in [0.1, 0.15) is 31.6 Å². The Balaban J connectivity index is 1.18. The number of amides is 1. The third-order valence-corrected chi connectivity index (χ3v) is 7.42. The van der Waals surface area contributed by atoms with Crippen molar-refractivity contribution in [3.63, 3.8) is 0 Å². The first-order chi connectivity index (χ1) is 15.2. The van der Waals surface area contributed by atoms with Crippen LogP contribution in [0.5, 0.6) is 0 Å². The van der Waals surface area contributed by atoms with Crippen LogP contribution in [0.3, 0.4) is 0 Å². The predicted molar refractivity (Wildman–Crippen MR) is 122 cm³/mol. The topological polar surface area (TPSA) is 77.0 Å². The summed E-state index contributed by atoms with van der Waals surface area (Å²) in [7, 11) is 0. The smallest absolute Gasteiger partial charge is 0.233 e. The monoisotopic (exact) mass is 453 g/mol. The average Bonchev–Trinajstić information content (AvgIpc) is 3.56. The highest BCUT2D eigenvalue weighted by molar-refractivity contribution is 7.99. The summed E-state index contributed by atoms with van der Waals surface area (Å²) in [6, 6.07) is 11.9. The Labute approximate surface area is 188 Å². The van der Waals surface area contributed by atoms with E-state index in [-0.39, 0.29) is 11.8 Å². The Morgan fingerprint density at radius 3 is 2.77 bits per heavy atom. The summed E-state index contributed by atoms with van der Waals surface area (Å²) in [4.78, 5) is 20.5. The molecular weight excluding hydrogens is 430 g/mol. The maximum absolute atomic E-state index is 12.8. The number of carbonyl (C=O) groups is 1. The molecule has 0 radical (unpaired) electrons. The second kappa shape index (κ2) is 8.84. The second-order valence-electron chi connectivity index (χ2n) is 7.49. The molecule has 31 heavy (non-hydrogen) atoms. The van der Waals surface area contributed by atoms with E-state index in [9.17, 15) is 4.79 Å². The minimum absolute atomic E-state index is 0.143. The number of thioether (sulfide) groups is 1. The number of piperidine rings is 1. The molecule has 5 rings (SSSR count). The highest BCUT2D eigenvalue weighted by Crippen LogP contribution is 2.31. The van der Waals surface area contributed by atoms with Crippen molar-refractivity contribution in [1.82, 2.24) is 24.6 Å². The predicted octanol–water partition coefficient (Wildman–Crippen LogP) is 4.67. The summed E-state index contributed by atoms with van der Waals surface area (Å²) in [6.07, 6.45) is 1.74. The molecule has 1 fully saturated rings. The maximum atomic E-state index is 12.8. The molecule has 0 unspecified atom stereocenters. The minimum Gasteiger partial charge on any atom is -0.440 e. The SMILES string of the molecule is CCn1c(SCC(=O)N2CCC(c3nc4ccccc4o3)CC2)nnc1-c1cccs1. The molecule has 3 aromatic heterocycles. The van der Waals surface area contributed by atoms with Crippen molar-refractivity contribution in [3.05, 3.63) is 47.7 Å². The fourth-order valence-corrected chi connectivity index (χ4v) is 5.55. The quantitative estimate of drug-likeness (QED) is 0.395. The first-order valence-corrected chi connectivity index (χ1v) is 12.3. The van der Waals surface area contributed by atoms with E-state index in [1.807, 2.05) is 46.7 Å². The number of thiophene rings is 1. The number of likely N-dealkylation sites (tertiary alicyclic amines) is 1. The van der Waals surface area contributed by atoms with Gasteiger partial charge in [0.25, 0.3) is 0 Å². The molecule has 0 bridgehead atoms. The molecule has 1 aromatic carbocycles. The minimum atomic E-state index is 0.143. The van der Waals surface area contributed by atoms with Gasteiger partial charge in [-0.05, 0) is 43.3 Å². The van der Waals surface area contributed by atoms with E-state index in [4.69, 9.17) is 4.42 Å². The first kappa shape index (κ1) is 20.3. The van der Waals surface area contributed by atoms with E-state index in [1.165, 1.54) is 11.8 Å². The zero-order chi connectivity index (χ0) is 21.2. The van der Waals surface area contributed by atoms with Crippen molar-refractivity contribution in [1.29, 1.82) is 0 Å². The summed E-state index contributed by atoms with van der Waals surface area (Å²) in [5, 5.41) is 11.5. The van der Waals surface area contributed by atoms with Crippen LogP contribution in [0.15, 0.2) is 51.4 Å². The lowest BCUT2D eigenvalue weighted by molar-refractivity contribution is -0.129. The maximum Gasteiger partial charge on any atom is 0.233 e. The molecule has 4 aromatic rings. The van der Waals surface area contributed by atoms with Gasteiger partial charge in [0.1, 0.15) is 5.52 Å². The fraction of sp³-hybridized carbons (Fsp3) is 0.364. The molecule has 1 saturated heterocycles. The van der Waals surface area contributed by atoms with E-state index in [2.05, 4.69) is 26.7 Å². The highest BCUT2D eigenvalue weighted by atomic mass is 32.2. The molecule has 4 heterocycles. The van der Waals surface area contributed by atoms with Crippen LogP contribution in [-0.2, 0) is 11.3 Å². The third-order valence-electron chi connectivity index (χ3n) is 5.61. The van der Waals surface area contributed by atoms with E-state index < -0.39 is 0 Å². The Kier molecular flexibility index (Phi) is 5.78. The molecule has 7 nitrogen and oxygen atoms in total. The number of hydrogen-bond donors (Lipinski definition) is 0. The number of benzene rings is 1. The molecule has 9 heteroatoms. The van der Waals surface area contributed by atoms with E-state index in [1.54, 1.807) is 11.3 Å². The number of carbonyl (C=O) groups excluding carboxylic acids is 1. The summed E-state index contributed by atoms with van der Waals surface area (Å²) >= 11 is 3.11. The number of aromatic nitrogens is 4. The van der Waals surface area contributed by atoms with Gasteiger partial charge < -0.3 is 13.9 Å². The van der Waals surface area contributed by atoms with Crippen molar-refractivity contribution in [2.75, 3.05) is 18.8 Å². The van der Waals surface area contributed by atoms with Gasteiger partial charge in [-0.2, -0.15) is 0 Å². The molecule has 0 saturated carbocycles. The largest absolute Gasteiger partial charge is 0.440 e. The summed E-state index contributed by atoms with van der Waals surface area (Å²) in [6.45, 7) is 4.29. The van der Waals surface area contributed by atoms with Gasteiger partial charge in [-0.3, -0.25) is 4.79 Å². The van der Waals surface area contributed by atoms with Crippen molar-refractivity contribution < 1.29 is 9.21 Å². The van der Waals surface area contributed by atoms with Crippen molar-refractivity contribution >= 4 is 40.1 Å². The van der Waals surface area contributed by atoms with Gasteiger partial charge in [-0.25, -0.2) is 4.98 Å². The van der Waals surface area contributed by atoms with E-state index in [0.717, 1.165) is 65.3 Å². The summed E-state index contributed by atoms with van der Waals surface area (Å²) in [5.41, 5.74) is 1.73. The van der Waals surface area contributed by atoms with Crippen molar-refractivity contribution in [3.8, 4) is 10.7 Å². The molecule has 1 aliphatic heterocycles. The van der Waals surface area contributed by atoms with Crippen LogP contribution < -0.4 is 0 Å². The number of oxazole rings is 1. The lowest BCUT2D eigenvalue weighted by Crippen LogP contribution is -2.39. The number of nitrogens with zero attached hydrogens (tertiary/aromatic N) is 5. The van der Waals surface area contributed by atoms with E-state index >= 15 is 0 Å². The molecule has 0 aliphatic carbocycles. The molecule has 0 spiro atoms. The van der Waals surface area contributed by atoms with Gasteiger partial charge in [-0.15, -0.1) is 21.5 Å². The molecular formula is C22H23N5O2S2. The lowest BCUT2D eigenvalue weighted by atomic mass is 9.97. The average molecular weight is 454 g/mol. The van der Waals surface area contributed by atoms with Crippen LogP contribution in [0.25, 0.3) is 21.8 Å². The Morgan fingerprint density at radius 2 is 2.03 bits per heavy atom. The summed E-state index contributed by atoms with van der Waals surface area (Å²) < 4.78 is 8.00. The summed E-state index contributed by atoms with van der Waals surface area (Å²) in [5.74, 6) is 2.44. The molecule has 1 amide bonds. The second-order valence-corrected chi connectivity index (χ2v) is 9.38. The third kappa shape index (κ3) is 4.12. The zero-order valence-electron chi connectivity index (χ0n) is 17.2. The fourth-order valence-electron chi connectivity index (χ4n) is 3.93. The van der Waals surface area contributed by atoms with Gasteiger partial charge in [0, 0.05) is 25.6 Å².